The largest absolute Gasteiger partial charge is 0.292 e. The van der Waals surface area contributed by atoms with E-state index in [1.54, 1.807) is 0 Å². The fourth-order valence-electron chi connectivity index (χ4n) is 8.33. The fourth-order valence-corrected chi connectivity index (χ4v) is 9.02. The zero-order chi connectivity index (χ0) is 37.9. The second-order valence-electron chi connectivity index (χ2n) is 14.3. The molecule has 268 valence electrons. The molecular weight excluding hydrogens is 761 g/mol. The Labute approximate surface area is 338 Å². The average molecular weight is 794 g/mol. The Balaban J connectivity index is 1.00. The third-order valence-electron chi connectivity index (χ3n) is 11.0. The number of halogens is 1. The molecule has 0 atom stereocenters. The van der Waals surface area contributed by atoms with Crippen molar-refractivity contribution in [2.24, 2.45) is 0 Å². The second kappa shape index (κ2) is 13.6. The van der Waals surface area contributed by atoms with E-state index >= 15 is 0 Å². The van der Waals surface area contributed by atoms with Gasteiger partial charge in [-0.2, -0.15) is 0 Å². The molecule has 0 aliphatic carbocycles. The Bertz CT molecular complexity index is 3050. The predicted octanol–water partition coefficient (Wildman–Crippen LogP) is 14.1. The molecule has 0 radical (unpaired) electrons. The molecule has 5 heteroatoms. The fraction of sp³-hybridized carbons (Fsp3) is 0. The predicted molar refractivity (Wildman–Crippen MR) is 240 cm³/mol. The molecule has 57 heavy (non-hydrogen) atoms. The van der Waals surface area contributed by atoms with Crippen LogP contribution in [0.15, 0.2) is 205 Å². The first-order chi connectivity index (χ1) is 28.2. The van der Waals surface area contributed by atoms with Crippen LogP contribution in [0.25, 0.3) is 100 Å². The van der Waals surface area contributed by atoms with E-state index in [1.807, 2.05) is 24.3 Å². The molecule has 9 aromatic carbocycles. The molecule has 0 spiro atoms. The van der Waals surface area contributed by atoms with Gasteiger partial charge >= 0.3 is 0 Å². The maximum absolute atomic E-state index is 5.10. The number of aromatic nitrogens is 4. The smallest absolute Gasteiger partial charge is 0.145 e. The van der Waals surface area contributed by atoms with Crippen LogP contribution in [0.2, 0.25) is 0 Å². The van der Waals surface area contributed by atoms with Gasteiger partial charge in [0, 0.05) is 27.0 Å². The summed E-state index contributed by atoms with van der Waals surface area (Å²) in [5.74, 6) is 1.85. The first kappa shape index (κ1) is 33.3. The highest BCUT2D eigenvalue weighted by Crippen LogP contribution is 2.42. The normalized spacial score (nSPS) is 11.6. The Morgan fingerprint density at radius 3 is 1.16 bits per heavy atom. The molecule has 0 N–H and O–H groups in total. The van der Waals surface area contributed by atoms with Crippen LogP contribution >= 0.6 is 15.9 Å². The Morgan fingerprint density at radius 1 is 0.333 bits per heavy atom. The van der Waals surface area contributed by atoms with Crippen LogP contribution in [-0.4, -0.2) is 19.1 Å². The van der Waals surface area contributed by atoms with Crippen LogP contribution in [0.4, 0.5) is 0 Å². The molecule has 0 bridgehead atoms. The van der Waals surface area contributed by atoms with Gasteiger partial charge in [0.05, 0.1) is 22.1 Å². The quantitative estimate of drug-likeness (QED) is 0.157. The molecule has 0 saturated heterocycles. The summed E-state index contributed by atoms with van der Waals surface area (Å²) >= 11 is 4.05. The third kappa shape index (κ3) is 5.58. The lowest BCUT2D eigenvalue weighted by Gasteiger charge is -2.15. The lowest BCUT2D eigenvalue weighted by molar-refractivity contribution is 1.10. The van der Waals surface area contributed by atoms with Crippen molar-refractivity contribution in [3.63, 3.8) is 0 Å². The average Bonchev–Trinajstić information content (AvgIpc) is 3.87. The maximum Gasteiger partial charge on any atom is 0.145 e. The van der Waals surface area contributed by atoms with Crippen molar-refractivity contribution in [1.29, 1.82) is 0 Å². The summed E-state index contributed by atoms with van der Waals surface area (Å²) in [4.78, 5) is 10.2. The van der Waals surface area contributed by atoms with Gasteiger partial charge in [-0.1, -0.05) is 146 Å². The summed E-state index contributed by atoms with van der Waals surface area (Å²) < 4.78 is 5.60. The molecule has 0 fully saturated rings. The van der Waals surface area contributed by atoms with Crippen molar-refractivity contribution in [3.05, 3.63) is 205 Å². The monoisotopic (exact) mass is 792 g/mol. The van der Waals surface area contributed by atoms with E-state index in [9.17, 15) is 0 Å². The number of hydrogen-bond acceptors (Lipinski definition) is 2. The second-order valence-corrected chi connectivity index (χ2v) is 15.1. The summed E-state index contributed by atoms with van der Waals surface area (Å²) in [6.07, 6.45) is 0. The van der Waals surface area contributed by atoms with E-state index in [2.05, 4.69) is 201 Å². The van der Waals surface area contributed by atoms with Gasteiger partial charge in [0.2, 0.25) is 0 Å². The van der Waals surface area contributed by atoms with Crippen LogP contribution in [0.1, 0.15) is 0 Å². The number of benzene rings is 9. The molecule has 11 rings (SSSR count). The Hall–Kier alpha value is -7.08. The number of fused-ring (bicyclic) bond motifs is 4. The molecule has 2 heterocycles. The molecule has 0 amide bonds. The Kier molecular flexibility index (Phi) is 7.93. The van der Waals surface area contributed by atoms with Gasteiger partial charge in [-0.05, 0) is 114 Å². The Morgan fingerprint density at radius 2 is 0.719 bits per heavy atom. The summed E-state index contributed by atoms with van der Waals surface area (Å²) in [7, 11) is 0. The first-order valence-electron chi connectivity index (χ1n) is 19.1. The van der Waals surface area contributed by atoms with E-state index in [0.717, 1.165) is 71.8 Å². The summed E-state index contributed by atoms with van der Waals surface area (Å²) in [6, 6.07) is 70.8. The SMILES string of the molecule is Brc1c2cccc(-c3ccc(-c4nc5ccccc5n4-c4ccccc4)cc3)c2cc2c(-c3ccc(-c4nc5ccccc5n4-c4ccccc4)cc3)cccc12. The van der Waals surface area contributed by atoms with Crippen LogP contribution in [-0.2, 0) is 0 Å². The van der Waals surface area contributed by atoms with Gasteiger partial charge in [-0.15, -0.1) is 0 Å². The van der Waals surface area contributed by atoms with E-state index in [0.29, 0.717) is 0 Å². The van der Waals surface area contributed by atoms with Gasteiger partial charge in [0.25, 0.3) is 0 Å². The summed E-state index contributed by atoms with van der Waals surface area (Å²) in [5.41, 5.74) is 13.1. The van der Waals surface area contributed by atoms with Gasteiger partial charge in [-0.25, -0.2) is 9.97 Å². The molecule has 4 nitrogen and oxygen atoms in total. The number of hydrogen-bond donors (Lipinski definition) is 0. The minimum absolute atomic E-state index is 0.925. The minimum atomic E-state index is 0.925. The third-order valence-corrected chi connectivity index (χ3v) is 11.9. The molecule has 11 aromatic rings. The van der Waals surface area contributed by atoms with Crippen LogP contribution in [0.3, 0.4) is 0 Å². The lowest BCUT2D eigenvalue weighted by atomic mass is 9.91. The molecular formula is C52H33BrN4. The van der Waals surface area contributed by atoms with Crippen LogP contribution in [0.5, 0.6) is 0 Å². The molecule has 0 saturated carbocycles. The zero-order valence-electron chi connectivity index (χ0n) is 30.7. The maximum atomic E-state index is 5.10. The van der Waals surface area contributed by atoms with Gasteiger partial charge < -0.3 is 0 Å². The standard InChI is InChI=1S/C52H33BrN4/c53-50-42-19-11-17-40(34-25-29-36(30-26-34)51-54-46-21-7-9-23-48(46)56(51)38-13-3-1-4-14-38)44(42)33-45-41(18-12-20-43(45)50)35-27-31-37(32-28-35)52-55-47-22-8-10-24-49(47)57(52)39-15-5-2-6-16-39/h1-33H. The van der Waals surface area contributed by atoms with Crippen molar-refractivity contribution in [1.82, 2.24) is 19.1 Å². The van der Waals surface area contributed by atoms with Crippen molar-refractivity contribution in [2.75, 3.05) is 0 Å². The molecule has 2 aromatic heterocycles. The van der Waals surface area contributed by atoms with Gasteiger partial charge in [0.15, 0.2) is 0 Å². The number of para-hydroxylation sites is 6. The molecule has 0 aliphatic rings. The van der Waals surface area contributed by atoms with E-state index in [4.69, 9.17) is 9.97 Å². The van der Waals surface area contributed by atoms with Crippen molar-refractivity contribution in [3.8, 4) is 56.4 Å². The first-order valence-corrected chi connectivity index (χ1v) is 19.9. The minimum Gasteiger partial charge on any atom is -0.292 e. The summed E-state index contributed by atoms with van der Waals surface area (Å²) in [5, 5.41) is 4.76. The summed E-state index contributed by atoms with van der Waals surface area (Å²) in [6.45, 7) is 0. The van der Waals surface area contributed by atoms with Crippen LogP contribution in [0, 0.1) is 0 Å². The van der Waals surface area contributed by atoms with E-state index in [1.165, 1.54) is 32.7 Å². The lowest BCUT2D eigenvalue weighted by Crippen LogP contribution is -1.97. The molecule has 0 unspecified atom stereocenters. The van der Waals surface area contributed by atoms with E-state index in [-0.39, 0.29) is 0 Å². The van der Waals surface area contributed by atoms with Crippen molar-refractivity contribution >= 4 is 59.5 Å². The van der Waals surface area contributed by atoms with Crippen LogP contribution < -0.4 is 0 Å². The number of rotatable bonds is 6. The molecule has 0 aliphatic heterocycles. The zero-order valence-corrected chi connectivity index (χ0v) is 32.3. The van der Waals surface area contributed by atoms with E-state index < -0.39 is 0 Å². The highest BCUT2D eigenvalue weighted by atomic mass is 79.9. The number of imidazole rings is 2. The van der Waals surface area contributed by atoms with Crippen molar-refractivity contribution in [2.45, 2.75) is 0 Å². The van der Waals surface area contributed by atoms with Gasteiger partial charge in [-0.3, -0.25) is 9.13 Å². The number of nitrogens with zero attached hydrogens (tertiary/aromatic N) is 4. The topological polar surface area (TPSA) is 35.6 Å². The van der Waals surface area contributed by atoms with Crippen molar-refractivity contribution < 1.29 is 0 Å². The van der Waals surface area contributed by atoms with Gasteiger partial charge in [0.1, 0.15) is 11.6 Å². The highest BCUT2D eigenvalue weighted by molar-refractivity contribution is 9.10. The highest BCUT2D eigenvalue weighted by Gasteiger charge is 2.18.